The Morgan fingerprint density at radius 1 is 1.58 bits per heavy atom. The molecule has 0 aliphatic heterocycles. The standard InChI is InChI=1S/C13H18BrClN2O2/c1-13(2,19-3)7-11(12(16)18)17-8-4-5-10(15)9(14)6-8/h4-6,11,17H,7H2,1-3H3,(H2,16,18). The summed E-state index contributed by atoms with van der Waals surface area (Å²) in [5.74, 6) is -0.420. The Morgan fingerprint density at radius 3 is 2.68 bits per heavy atom. The summed E-state index contributed by atoms with van der Waals surface area (Å²) < 4.78 is 6.08. The number of halogens is 2. The Bertz CT molecular complexity index is 466. The summed E-state index contributed by atoms with van der Waals surface area (Å²) in [5.41, 5.74) is 5.76. The maximum absolute atomic E-state index is 11.5. The van der Waals surface area contributed by atoms with Crippen LogP contribution < -0.4 is 11.1 Å². The molecule has 0 fully saturated rings. The Labute approximate surface area is 126 Å². The monoisotopic (exact) mass is 348 g/mol. The molecule has 1 unspecified atom stereocenters. The van der Waals surface area contributed by atoms with Crippen molar-refractivity contribution >= 4 is 39.1 Å². The Balaban J connectivity index is 2.84. The Morgan fingerprint density at radius 2 is 2.21 bits per heavy atom. The Hall–Kier alpha value is -0.780. The summed E-state index contributed by atoms with van der Waals surface area (Å²) in [5, 5.41) is 3.70. The second-order valence-electron chi connectivity index (χ2n) is 4.90. The number of nitrogens with two attached hydrogens (primary N) is 1. The molecule has 0 bridgehead atoms. The minimum atomic E-state index is -0.511. The number of rotatable bonds is 6. The average molecular weight is 350 g/mol. The topological polar surface area (TPSA) is 64.3 Å². The van der Waals surface area contributed by atoms with Gasteiger partial charge in [0.05, 0.1) is 10.6 Å². The molecule has 0 aliphatic carbocycles. The molecule has 0 aliphatic rings. The fraction of sp³-hybridized carbons (Fsp3) is 0.462. The van der Waals surface area contributed by atoms with Gasteiger partial charge in [0.25, 0.3) is 0 Å². The van der Waals surface area contributed by atoms with E-state index in [9.17, 15) is 4.79 Å². The lowest BCUT2D eigenvalue weighted by molar-refractivity contribution is -0.120. The van der Waals surface area contributed by atoms with Crippen molar-refractivity contribution in [2.45, 2.75) is 31.9 Å². The van der Waals surface area contributed by atoms with Crippen LogP contribution in [0.2, 0.25) is 5.02 Å². The van der Waals surface area contributed by atoms with Crippen molar-refractivity contribution in [3.63, 3.8) is 0 Å². The maximum Gasteiger partial charge on any atom is 0.240 e. The number of carbonyl (C=O) groups is 1. The fourth-order valence-corrected chi connectivity index (χ4v) is 2.08. The predicted octanol–water partition coefficient (Wildman–Crippen LogP) is 3.18. The van der Waals surface area contributed by atoms with Gasteiger partial charge in [-0.3, -0.25) is 4.79 Å². The van der Waals surface area contributed by atoms with Crippen LogP contribution in [0.1, 0.15) is 20.3 Å². The first kappa shape index (κ1) is 16.3. The third-order valence-corrected chi connectivity index (χ3v) is 4.07. The number of carbonyl (C=O) groups excluding carboxylic acids is 1. The number of nitrogens with one attached hydrogen (secondary N) is 1. The van der Waals surface area contributed by atoms with Crippen LogP contribution >= 0.6 is 27.5 Å². The van der Waals surface area contributed by atoms with E-state index < -0.39 is 17.6 Å². The molecule has 0 saturated carbocycles. The lowest BCUT2D eigenvalue weighted by Gasteiger charge is -2.28. The number of ether oxygens (including phenoxy) is 1. The van der Waals surface area contributed by atoms with Crippen molar-refractivity contribution in [3.8, 4) is 0 Å². The van der Waals surface area contributed by atoms with Crippen LogP contribution in [0.4, 0.5) is 5.69 Å². The Kier molecular flexibility index (Phi) is 5.64. The molecule has 1 aromatic rings. The van der Waals surface area contributed by atoms with Gasteiger partial charge in [-0.15, -0.1) is 0 Å². The first-order valence-electron chi connectivity index (χ1n) is 5.81. The number of hydrogen-bond donors (Lipinski definition) is 2. The molecular weight excluding hydrogens is 332 g/mol. The molecule has 6 heteroatoms. The molecule has 0 spiro atoms. The van der Waals surface area contributed by atoms with E-state index in [1.807, 2.05) is 13.8 Å². The summed E-state index contributed by atoms with van der Waals surface area (Å²) in [7, 11) is 1.61. The molecule has 0 heterocycles. The molecule has 0 radical (unpaired) electrons. The SMILES string of the molecule is COC(C)(C)CC(Nc1ccc(Cl)c(Br)c1)C(N)=O. The lowest BCUT2D eigenvalue weighted by atomic mass is 9.98. The van der Waals surface area contributed by atoms with Crippen LogP contribution in [0.3, 0.4) is 0 Å². The minimum Gasteiger partial charge on any atom is -0.379 e. The second kappa shape index (κ2) is 6.59. The zero-order valence-corrected chi connectivity index (χ0v) is 13.5. The van der Waals surface area contributed by atoms with Gasteiger partial charge in [0, 0.05) is 23.7 Å². The summed E-state index contributed by atoms with van der Waals surface area (Å²) in [4.78, 5) is 11.5. The van der Waals surface area contributed by atoms with Crippen LogP contribution in [-0.4, -0.2) is 24.7 Å². The quantitative estimate of drug-likeness (QED) is 0.829. The number of amides is 1. The zero-order valence-electron chi connectivity index (χ0n) is 11.2. The third-order valence-electron chi connectivity index (χ3n) is 2.85. The molecule has 1 rings (SSSR count). The molecule has 106 valence electrons. The van der Waals surface area contributed by atoms with Crippen molar-refractivity contribution in [2.24, 2.45) is 5.73 Å². The summed E-state index contributed by atoms with van der Waals surface area (Å²) in [6, 6.07) is 4.83. The second-order valence-corrected chi connectivity index (χ2v) is 6.16. The highest BCUT2D eigenvalue weighted by Gasteiger charge is 2.26. The first-order chi connectivity index (χ1) is 8.75. The number of primary amides is 1. The van der Waals surface area contributed by atoms with Crippen LogP contribution in [0.5, 0.6) is 0 Å². The molecular formula is C13H18BrClN2O2. The van der Waals surface area contributed by atoms with Gasteiger partial charge >= 0.3 is 0 Å². The smallest absolute Gasteiger partial charge is 0.240 e. The largest absolute Gasteiger partial charge is 0.379 e. The summed E-state index contributed by atoms with van der Waals surface area (Å²) in [6.45, 7) is 3.81. The third kappa shape index (κ3) is 5.01. The number of hydrogen-bond acceptors (Lipinski definition) is 3. The number of methoxy groups -OCH3 is 1. The normalized spacial score (nSPS) is 13.1. The van der Waals surface area contributed by atoms with E-state index in [0.29, 0.717) is 11.4 Å². The molecule has 4 nitrogen and oxygen atoms in total. The maximum atomic E-state index is 11.5. The fourth-order valence-electron chi connectivity index (χ4n) is 1.58. The summed E-state index contributed by atoms with van der Waals surface area (Å²) in [6.07, 6.45) is 0.471. The van der Waals surface area contributed by atoms with E-state index in [4.69, 9.17) is 22.1 Å². The van der Waals surface area contributed by atoms with E-state index in [2.05, 4.69) is 21.2 Å². The first-order valence-corrected chi connectivity index (χ1v) is 6.98. The highest BCUT2D eigenvalue weighted by Crippen LogP contribution is 2.27. The van der Waals surface area contributed by atoms with Crippen molar-refractivity contribution < 1.29 is 9.53 Å². The van der Waals surface area contributed by atoms with Gasteiger partial charge in [-0.1, -0.05) is 11.6 Å². The van der Waals surface area contributed by atoms with Crippen LogP contribution in [0, 0.1) is 0 Å². The van der Waals surface area contributed by atoms with Crippen LogP contribution in [0.25, 0.3) is 0 Å². The van der Waals surface area contributed by atoms with E-state index >= 15 is 0 Å². The molecule has 0 saturated heterocycles. The molecule has 0 aromatic heterocycles. The van der Waals surface area contributed by atoms with Crippen molar-refractivity contribution in [3.05, 3.63) is 27.7 Å². The molecule has 19 heavy (non-hydrogen) atoms. The lowest BCUT2D eigenvalue weighted by Crippen LogP contribution is -2.41. The van der Waals surface area contributed by atoms with Gasteiger partial charge in [0.2, 0.25) is 5.91 Å². The number of anilines is 1. The zero-order chi connectivity index (χ0) is 14.6. The highest BCUT2D eigenvalue weighted by atomic mass is 79.9. The predicted molar refractivity (Wildman–Crippen MR) is 81.5 cm³/mol. The molecule has 1 atom stereocenters. The van der Waals surface area contributed by atoms with E-state index in [1.54, 1.807) is 25.3 Å². The van der Waals surface area contributed by atoms with E-state index in [1.165, 1.54) is 0 Å². The summed E-state index contributed by atoms with van der Waals surface area (Å²) >= 11 is 9.26. The van der Waals surface area contributed by atoms with Gasteiger partial charge in [-0.2, -0.15) is 0 Å². The molecule has 1 aromatic carbocycles. The molecule has 1 amide bonds. The molecule has 3 N–H and O–H groups in total. The number of benzene rings is 1. The van der Waals surface area contributed by atoms with Gasteiger partial charge in [0.15, 0.2) is 0 Å². The van der Waals surface area contributed by atoms with E-state index in [-0.39, 0.29) is 0 Å². The van der Waals surface area contributed by atoms with Crippen molar-refractivity contribution in [2.75, 3.05) is 12.4 Å². The van der Waals surface area contributed by atoms with Crippen LogP contribution in [0.15, 0.2) is 22.7 Å². The van der Waals surface area contributed by atoms with Gasteiger partial charge in [-0.05, 0) is 48.0 Å². The van der Waals surface area contributed by atoms with Gasteiger partial charge in [-0.25, -0.2) is 0 Å². The van der Waals surface area contributed by atoms with Gasteiger partial charge in [0.1, 0.15) is 6.04 Å². The van der Waals surface area contributed by atoms with Crippen LogP contribution in [-0.2, 0) is 9.53 Å². The van der Waals surface area contributed by atoms with Gasteiger partial charge < -0.3 is 15.8 Å². The average Bonchev–Trinajstić information content (AvgIpc) is 2.32. The van der Waals surface area contributed by atoms with Crippen molar-refractivity contribution in [1.82, 2.24) is 0 Å². The van der Waals surface area contributed by atoms with Crippen molar-refractivity contribution in [1.29, 1.82) is 0 Å². The minimum absolute atomic E-state index is 0.420. The highest BCUT2D eigenvalue weighted by molar-refractivity contribution is 9.10. The van der Waals surface area contributed by atoms with E-state index in [0.717, 1.165) is 10.2 Å².